The minimum absolute atomic E-state index is 0.0828. The molecule has 0 saturated carbocycles. The van der Waals surface area contributed by atoms with E-state index in [9.17, 15) is 4.79 Å². The summed E-state index contributed by atoms with van der Waals surface area (Å²) in [6, 6.07) is 9.05. The first-order valence-electron chi connectivity index (χ1n) is 3.28. The van der Waals surface area contributed by atoms with Gasteiger partial charge in [0.2, 0.25) is 0 Å². The van der Waals surface area contributed by atoms with Gasteiger partial charge in [-0.1, -0.05) is 18.2 Å². The fourth-order valence-corrected chi connectivity index (χ4v) is 0.907. The Labute approximate surface area is 71.0 Å². The quantitative estimate of drug-likeness (QED) is 0.504. The van der Waals surface area contributed by atoms with Crippen molar-refractivity contribution in [3.63, 3.8) is 0 Å². The number of hydrogen-bond acceptors (Lipinski definition) is 2. The van der Waals surface area contributed by atoms with Crippen molar-refractivity contribution < 1.29 is 4.79 Å². The van der Waals surface area contributed by atoms with Gasteiger partial charge in [0.15, 0.2) is 0 Å². The molecule has 0 spiro atoms. The molecule has 3 heteroatoms. The van der Waals surface area contributed by atoms with Crippen molar-refractivity contribution in [1.82, 2.24) is 5.32 Å². The molecule has 0 aromatic heterocycles. The molecule has 0 saturated heterocycles. The topological polar surface area (TPSA) is 29.1 Å². The van der Waals surface area contributed by atoms with Crippen molar-refractivity contribution in [2.75, 3.05) is 5.88 Å². The third-order valence-electron chi connectivity index (χ3n) is 1.28. The predicted molar refractivity (Wildman–Crippen MR) is 47.8 cm³/mol. The molecular weight excluding hydrogens is 158 g/mol. The summed E-state index contributed by atoms with van der Waals surface area (Å²) < 4.78 is 0. The second-order valence-corrected chi connectivity index (χ2v) is 2.35. The van der Waals surface area contributed by atoms with Crippen LogP contribution in [0.3, 0.4) is 0 Å². The maximum Gasteiger partial charge on any atom is 0.251 e. The van der Waals surface area contributed by atoms with E-state index in [0.717, 1.165) is 0 Å². The fourth-order valence-electron chi connectivity index (χ4n) is 0.763. The maximum atomic E-state index is 11.1. The lowest BCUT2D eigenvalue weighted by molar-refractivity contribution is 0.0961. The summed E-state index contributed by atoms with van der Waals surface area (Å²) in [6.07, 6.45) is 0. The number of rotatable bonds is 2. The molecule has 0 aliphatic carbocycles. The number of amides is 1. The molecule has 0 aliphatic heterocycles. The molecule has 58 valence electrons. The summed E-state index contributed by atoms with van der Waals surface area (Å²) in [6.45, 7) is 0. The van der Waals surface area contributed by atoms with Crippen LogP contribution in [0.2, 0.25) is 0 Å². The average Bonchev–Trinajstić information content (AvgIpc) is 2.07. The molecule has 0 heterocycles. The molecule has 0 aliphatic rings. The highest BCUT2D eigenvalue weighted by Gasteiger charge is 2.00. The van der Waals surface area contributed by atoms with Crippen LogP contribution < -0.4 is 5.32 Å². The molecule has 0 bridgehead atoms. The fraction of sp³-hybridized carbons (Fsp3) is 0.125. The summed E-state index contributed by atoms with van der Waals surface area (Å²) in [5.74, 6) is 0.286. The predicted octanol–water partition coefficient (Wildman–Crippen LogP) is 1.30. The number of carbonyl (C=O) groups is 1. The number of thiol groups is 1. The van der Waals surface area contributed by atoms with Gasteiger partial charge < -0.3 is 5.32 Å². The van der Waals surface area contributed by atoms with E-state index >= 15 is 0 Å². The zero-order valence-corrected chi connectivity index (χ0v) is 6.84. The Bertz CT molecular complexity index is 235. The van der Waals surface area contributed by atoms with Crippen molar-refractivity contribution in [2.24, 2.45) is 0 Å². The van der Waals surface area contributed by atoms with Crippen LogP contribution in [0.15, 0.2) is 30.3 Å². The molecular formula is C8H9NOS. The zero-order valence-electron chi connectivity index (χ0n) is 5.95. The van der Waals surface area contributed by atoms with Crippen molar-refractivity contribution in [2.45, 2.75) is 0 Å². The monoisotopic (exact) mass is 167 g/mol. The van der Waals surface area contributed by atoms with Crippen LogP contribution in [0.1, 0.15) is 10.4 Å². The third-order valence-corrected chi connectivity index (χ3v) is 1.43. The molecule has 11 heavy (non-hydrogen) atoms. The van der Waals surface area contributed by atoms with Gasteiger partial charge in [-0.2, -0.15) is 12.6 Å². The minimum atomic E-state index is -0.0828. The first-order valence-corrected chi connectivity index (χ1v) is 3.92. The van der Waals surface area contributed by atoms with Gasteiger partial charge in [-0.15, -0.1) is 0 Å². The second-order valence-electron chi connectivity index (χ2n) is 2.03. The van der Waals surface area contributed by atoms with E-state index in [-0.39, 0.29) is 5.91 Å². The molecule has 0 unspecified atom stereocenters. The van der Waals surface area contributed by atoms with Crippen molar-refractivity contribution in [3.8, 4) is 0 Å². The lowest BCUT2D eigenvalue weighted by Gasteiger charge is -1.99. The van der Waals surface area contributed by atoms with Crippen LogP contribution in [0.25, 0.3) is 0 Å². The molecule has 1 aromatic rings. The van der Waals surface area contributed by atoms with Crippen molar-refractivity contribution in [1.29, 1.82) is 0 Å². The van der Waals surface area contributed by atoms with E-state index < -0.39 is 0 Å². The van der Waals surface area contributed by atoms with Gasteiger partial charge in [0.25, 0.3) is 5.91 Å². The average molecular weight is 167 g/mol. The van der Waals surface area contributed by atoms with E-state index in [2.05, 4.69) is 17.9 Å². The van der Waals surface area contributed by atoms with Crippen LogP contribution in [0.5, 0.6) is 0 Å². The Balaban J connectivity index is 2.69. The van der Waals surface area contributed by atoms with E-state index in [1.165, 1.54) is 0 Å². The summed E-state index contributed by atoms with van der Waals surface area (Å²) in [5, 5.41) is 2.59. The van der Waals surface area contributed by atoms with Crippen LogP contribution >= 0.6 is 12.6 Å². The standard InChI is InChI=1S/C8H9NOS/c10-8(9-6-11)7-4-2-1-3-5-7/h1-5,11H,6H2,(H,9,10). The molecule has 0 radical (unpaired) electrons. The Hall–Kier alpha value is -0.960. The van der Waals surface area contributed by atoms with Gasteiger partial charge in [-0.05, 0) is 12.1 Å². The summed E-state index contributed by atoms with van der Waals surface area (Å²) in [4.78, 5) is 11.1. The van der Waals surface area contributed by atoms with E-state index in [1.807, 2.05) is 18.2 Å². The zero-order chi connectivity index (χ0) is 8.10. The van der Waals surface area contributed by atoms with Gasteiger partial charge in [0, 0.05) is 5.56 Å². The summed E-state index contributed by atoms with van der Waals surface area (Å²) in [5.41, 5.74) is 0.668. The first kappa shape index (κ1) is 8.14. The number of nitrogens with one attached hydrogen (secondary N) is 1. The highest BCUT2D eigenvalue weighted by Crippen LogP contribution is 1.97. The summed E-state index contributed by atoms with van der Waals surface area (Å²) in [7, 11) is 0. The molecule has 1 aromatic carbocycles. The van der Waals surface area contributed by atoms with E-state index in [1.54, 1.807) is 12.1 Å². The van der Waals surface area contributed by atoms with Crippen molar-refractivity contribution in [3.05, 3.63) is 35.9 Å². The molecule has 1 rings (SSSR count). The molecule has 1 amide bonds. The minimum Gasteiger partial charge on any atom is -0.343 e. The van der Waals surface area contributed by atoms with Gasteiger partial charge >= 0.3 is 0 Å². The highest BCUT2D eigenvalue weighted by atomic mass is 32.1. The molecule has 0 atom stereocenters. The lowest BCUT2D eigenvalue weighted by atomic mass is 10.2. The summed E-state index contributed by atoms with van der Waals surface area (Å²) >= 11 is 3.88. The van der Waals surface area contributed by atoms with Crippen molar-refractivity contribution >= 4 is 18.5 Å². The SMILES string of the molecule is O=C(NCS)c1ccccc1. The second kappa shape index (κ2) is 4.03. The van der Waals surface area contributed by atoms with Gasteiger partial charge in [-0.25, -0.2) is 0 Å². The van der Waals surface area contributed by atoms with E-state index in [4.69, 9.17) is 0 Å². The van der Waals surface area contributed by atoms with Gasteiger partial charge in [0.05, 0.1) is 5.88 Å². The van der Waals surface area contributed by atoms with Gasteiger partial charge in [-0.3, -0.25) is 4.79 Å². The maximum absolute atomic E-state index is 11.1. The third kappa shape index (κ3) is 2.27. The Morgan fingerprint density at radius 3 is 2.55 bits per heavy atom. The Morgan fingerprint density at radius 2 is 2.00 bits per heavy atom. The van der Waals surface area contributed by atoms with Crippen LogP contribution in [0.4, 0.5) is 0 Å². The molecule has 2 nitrogen and oxygen atoms in total. The first-order chi connectivity index (χ1) is 5.34. The van der Waals surface area contributed by atoms with Crippen LogP contribution in [-0.2, 0) is 0 Å². The highest BCUT2D eigenvalue weighted by molar-refractivity contribution is 7.80. The number of hydrogen-bond donors (Lipinski definition) is 2. The van der Waals surface area contributed by atoms with Gasteiger partial charge in [0.1, 0.15) is 0 Å². The van der Waals surface area contributed by atoms with E-state index in [0.29, 0.717) is 11.4 Å². The number of benzene rings is 1. The molecule has 0 fully saturated rings. The largest absolute Gasteiger partial charge is 0.343 e. The smallest absolute Gasteiger partial charge is 0.251 e. The normalized spacial score (nSPS) is 9.18. The number of carbonyl (C=O) groups excluding carboxylic acids is 1. The molecule has 1 N–H and O–H groups in total. The Kier molecular flexibility index (Phi) is 2.98. The van der Waals surface area contributed by atoms with Crippen LogP contribution in [0, 0.1) is 0 Å². The van der Waals surface area contributed by atoms with Crippen LogP contribution in [-0.4, -0.2) is 11.8 Å². The lowest BCUT2D eigenvalue weighted by Crippen LogP contribution is -2.21. The Morgan fingerprint density at radius 1 is 1.36 bits per heavy atom.